The summed E-state index contributed by atoms with van der Waals surface area (Å²) in [5, 5.41) is 1.70. The number of nitrogens with one attached hydrogen (secondary N) is 1. The van der Waals surface area contributed by atoms with Gasteiger partial charge < -0.3 is 5.32 Å². The first kappa shape index (κ1) is 12.8. The fourth-order valence-corrected chi connectivity index (χ4v) is 1.52. The molecule has 0 spiro atoms. The molecule has 1 heterocycles. The molecule has 0 radical (unpaired) electrons. The Morgan fingerprint density at radius 1 is 0.889 bits per heavy atom. The summed E-state index contributed by atoms with van der Waals surface area (Å²) in [6.07, 6.45) is 0. The van der Waals surface area contributed by atoms with Crippen molar-refractivity contribution in [2.75, 3.05) is 5.32 Å². The zero-order valence-corrected chi connectivity index (χ0v) is 9.90. The van der Waals surface area contributed by atoms with Gasteiger partial charge in [-0.1, -0.05) is 0 Å². The zero-order valence-electron chi connectivity index (χ0n) is 8.39. The smallest absolute Gasteiger partial charge is 0.232 e. The molecule has 0 unspecified atom stereocenters. The highest BCUT2D eigenvalue weighted by molar-refractivity contribution is 6.31. The minimum atomic E-state index is -1.14. The monoisotopic (exact) mass is 294 g/mol. The van der Waals surface area contributed by atoms with E-state index in [1.165, 1.54) is 0 Å². The summed E-state index contributed by atoms with van der Waals surface area (Å²) in [4.78, 5) is 10.6. The highest BCUT2D eigenvalue weighted by Crippen LogP contribution is 2.23. The van der Waals surface area contributed by atoms with Crippen LogP contribution in [0.2, 0.25) is 10.6 Å². The molecule has 1 aromatic heterocycles. The maximum Gasteiger partial charge on any atom is 0.232 e. The SMILES string of the molecule is Fc1cc(F)c(Nc2nc(Cl)nc(Cl)n2)c(F)c1. The maximum atomic E-state index is 13.3. The minimum Gasteiger partial charge on any atom is -0.319 e. The first-order valence-corrected chi connectivity index (χ1v) is 5.20. The standard InChI is InChI=1S/C9H3Cl2F3N4/c10-7-16-8(11)18-9(17-7)15-6-4(13)1-3(12)2-5(6)14/h1-2H,(H,15,16,17,18). The third-order valence-corrected chi connectivity index (χ3v) is 2.16. The molecule has 1 aromatic carbocycles. The summed E-state index contributed by atoms with van der Waals surface area (Å²) in [6.45, 7) is 0. The summed E-state index contributed by atoms with van der Waals surface area (Å²) in [7, 11) is 0. The van der Waals surface area contributed by atoms with Crippen LogP contribution >= 0.6 is 23.2 Å². The van der Waals surface area contributed by atoms with E-state index in [1.54, 1.807) is 0 Å². The Labute approximate surface area is 109 Å². The van der Waals surface area contributed by atoms with E-state index < -0.39 is 23.1 Å². The maximum absolute atomic E-state index is 13.3. The summed E-state index contributed by atoms with van der Waals surface area (Å²) in [6, 6.07) is 1.02. The molecular formula is C9H3Cl2F3N4. The van der Waals surface area contributed by atoms with Crippen LogP contribution in [0.1, 0.15) is 0 Å². The molecule has 0 atom stereocenters. The number of hydrogen-bond donors (Lipinski definition) is 1. The van der Waals surface area contributed by atoms with Gasteiger partial charge in [-0.2, -0.15) is 15.0 Å². The van der Waals surface area contributed by atoms with Gasteiger partial charge in [-0.15, -0.1) is 0 Å². The molecule has 0 saturated carbocycles. The molecule has 0 aliphatic carbocycles. The van der Waals surface area contributed by atoms with Gasteiger partial charge in [-0.05, 0) is 23.2 Å². The van der Waals surface area contributed by atoms with Crippen LogP contribution in [-0.4, -0.2) is 15.0 Å². The number of hydrogen-bond acceptors (Lipinski definition) is 4. The van der Waals surface area contributed by atoms with E-state index in [2.05, 4.69) is 20.3 Å². The van der Waals surface area contributed by atoms with Gasteiger partial charge in [-0.25, -0.2) is 13.2 Å². The van der Waals surface area contributed by atoms with Crippen LogP contribution in [0.4, 0.5) is 24.8 Å². The third kappa shape index (κ3) is 2.80. The van der Waals surface area contributed by atoms with Crippen molar-refractivity contribution in [2.45, 2.75) is 0 Å². The molecule has 0 bridgehead atoms. The summed E-state index contributed by atoms with van der Waals surface area (Å²) < 4.78 is 39.3. The molecule has 9 heteroatoms. The Morgan fingerprint density at radius 3 is 1.89 bits per heavy atom. The molecule has 0 amide bonds. The van der Waals surface area contributed by atoms with Crippen molar-refractivity contribution >= 4 is 34.8 Å². The molecular weight excluding hydrogens is 292 g/mol. The summed E-state index contributed by atoms with van der Waals surface area (Å²) in [5.74, 6) is -3.58. The molecule has 2 rings (SSSR count). The van der Waals surface area contributed by atoms with Crippen molar-refractivity contribution < 1.29 is 13.2 Å². The molecule has 0 saturated heterocycles. The lowest BCUT2D eigenvalue weighted by molar-refractivity contribution is 0.548. The second-order valence-electron chi connectivity index (χ2n) is 3.07. The van der Waals surface area contributed by atoms with Crippen molar-refractivity contribution in [1.29, 1.82) is 0 Å². The number of halogens is 5. The minimum absolute atomic E-state index is 0.250. The predicted octanol–water partition coefficient (Wildman–Crippen LogP) is 3.34. The molecule has 2 aromatic rings. The van der Waals surface area contributed by atoms with E-state index in [4.69, 9.17) is 23.2 Å². The van der Waals surface area contributed by atoms with E-state index in [0.29, 0.717) is 12.1 Å². The lowest BCUT2D eigenvalue weighted by Gasteiger charge is -2.07. The lowest BCUT2D eigenvalue weighted by Crippen LogP contribution is -2.03. The number of nitrogens with zero attached hydrogens (tertiary/aromatic N) is 3. The largest absolute Gasteiger partial charge is 0.319 e. The second-order valence-corrected chi connectivity index (χ2v) is 3.74. The third-order valence-electron chi connectivity index (χ3n) is 1.82. The molecule has 0 fully saturated rings. The molecule has 1 N–H and O–H groups in total. The number of aromatic nitrogens is 3. The quantitative estimate of drug-likeness (QED) is 0.923. The Kier molecular flexibility index (Phi) is 3.53. The Hall–Kier alpha value is -1.60. The van der Waals surface area contributed by atoms with Crippen molar-refractivity contribution in [3.05, 3.63) is 40.2 Å². The first-order chi connectivity index (χ1) is 8.45. The molecule has 94 valence electrons. The highest BCUT2D eigenvalue weighted by atomic mass is 35.5. The molecule has 18 heavy (non-hydrogen) atoms. The van der Waals surface area contributed by atoms with Crippen molar-refractivity contribution in [3.8, 4) is 0 Å². The summed E-state index contributed by atoms with van der Waals surface area (Å²) in [5.41, 5.74) is -0.616. The van der Waals surface area contributed by atoms with Crippen LogP contribution in [0.25, 0.3) is 0 Å². The number of benzene rings is 1. The molecule has 0 aliphatic rings. The number of anilines is 2. The van der Waals surface area contributed by atoms with Gasteiger partial charge in [0.15, 0.2) is 11.6 Å². The second kappa shape index (κ2) is 4.95. The van der Waals surface area contributed by atoms with E-state index in [0.717, 1.165) is 0 Å². The summed E-state index contributed by atoms with van der Waals surface area (Å²) >= 11 is 11.0. The van der Waals surface area contributed by atoms with E-state index in [9.17, 15) is 13.2 Å². The van der Waals surface area contributed by atoms with E-state index in [-0.39, 0.29) is 16.5 Å². The van der Waals surface area contributed by atoms with Crippen LogP contribution < -0.4 is 5.32 Å². The normalized spacial score (nSPS) is 10.5. The van der Waals surface area contributed by atoms with Crippen LogP contribution in [-0.2, 0) is 0 Å². The zero-order chi connectivity index (χ0) is 13.3. The Balaban J connectivity index is 2.40. The highest BCUT2D eigenvalue weighted by Gasteiger charge is 2.13. The van der Waals surface area contributed by atoms with Gasteiger partial charge in [0.1, 0.15) is 11.5 Å². The average Bonchev–Trinajstić information content (AvgIpc) is 2.22. The fourth-order valence-electron chi connectivity index (χ4n) is 1.16. The predicted molar refractivity (Wildman–Crippen MR) is 59.4 cm³/mol. The van der Waals surface area contributed by atoms with E-state index >= 15 is 0 Å². The van der Waals surface area contributed by atoms with Crippen molar-refractivity contribution in [1.82, 2.24) is 15.0 Å². The number of rotatable bonds is 2. The first-order valence-electron chi connectivity index (χ1n) is 4.44. The van der Waals surface area contributed by atoms with Crippen molar-refractivity contribution in [2.24, 2.45) is 0 Å². The van der Waals surface area contributed by atoms with Gasteiger partial charge in [0, 0.05) is 12.1 Å². The van der Waals surface area contributed by atoms with Crippen LogP contribution in [0, 0.1) is 17.5 Å². The Bertz CT molecular complexity index is 565. The van der Waals surface area contributed by atoms with Gasteiger partial charge in [0.25, 0.3) is 0 Å². The molecule has 4 nitrogen and oxygen atoms in total. The van der Waals surface area contributed by atoms with Crippen LogP contribution in [0.15, 0.2) is 12.1 Å². The van der Waals surface area contributed by atoms with Gasteiger partial charge in [0.2, 0.25) is 16.5 Å². The fraction of sp³-hybridized carbons (Fsp3) is 0. The van der Waals surface area contributed by atoms with Crippen LogP contribution in [0.3, 0.4) is 0 Å². The average molecular weight is 295 g/mol. The van der Waals surface area contributed by atoms with Crippen LogP contribution in [0.5, 0.6) is 0 Å². The van der Waals surface area contributed by atoms with E-state index in [1.807, 2.05) is 0 Å². The van der Waals surface area contributed by atoms with Gasteiger partial charge in [0.05, 0.1) is 0 Å². The Morgan fingerprint density at radius 2 is 1.39 bits per heavy atom. The van der Waals surface area contributed by atoms with Gasteiger partial charge >= 0.3 is 0 Å². The van der Waals surface area contributed by atoms with Gasteiger partial charge in [-0.3, -0.25) is 0 Å². The molecule has 0 aliphatic heterocycles. The van der Waals surface area contributed by atoms with Crippen molar-refractivity contribution in [3.63, 3.8) is 0 Å². The lowest BCUT2D eigenvalue weighted by atomic mass is 10.3. The topological polar surface area (TPSA) is 50.7 Å².